The zero-order valence-corrected chi connectivity index (χ0v) is 15.6. The first-order chi connectivity index (χ1) is 14.5. The summed E-state index contributed by atoms with van der Waals surface area (Å²) in [7, 11) is 0. The van der Waals surface area contributed by atoms with Gasteiger partial charge in [0.25, 0.3) is 0 Å². The Bertz CT molecular complexity index is 1280. The molecule has 2 aromatic carbocycles. The van der Waals surface area contributed by atoms with Crippen LogP contribution in [0.2, 0.25) is 0 Å². The summed E-state index contributed by atoms with van der Waals surface area (Å²) >= 11 is 0. The third-order valence-electron chi connectivity index (χ3n) is 4.74. The number of carbonyl (C=O) groups excluding carboxylic acids is 1. The van der Waals surface area contributed by atoms with Crippen LogP contribution in [0, 0.1) is 0 Å². The standard InChI is InChI=1S/C23H17NO6/c25-11-5-9-14-8-4-10-15-16(12-24-18(14)15)19(26)22-20(27)17(21(30-22)23(28)29)13-6-2-1-3-7-13/h1-10,12,24-25,27H,11H2,(H,28,29)/b9-5+. The molecule has 0 radical (unpaired) electrons. The van der Waals surface area contributed by atoms with Gasteiger partial charge in [-0.15, -0.1) is 0 Å². The number of hydrogen-bond acceptors (Lipinski definition) is 5. The number of nitrogens with one attached hydrogen (secondary N) is 1. The Hall–Kier alpha value is -4.10. The molecule has 0 spiro atoms. The number of aromatic amines is 1. The number of carbonyl (C=O) groups is 2. The lowest BCUT2D eigenvalue weighted by Gasteiger charge is -2.01. The second-order valence-electron chi connectivity index (χ2n) is 6.54. The smallest absolute Gasteiger partial charge is 0.372 e. The fourth-order valence-corrected chi connectivity index (χ4v) is 3.41. The Morgan fingerprint density at radius 2 is 1.80 bits per heavy atom. The molecule has 2 heterocycles. The highest BCUT2D eigenvalue weighted by Gasteiger charge is 2.30. The highest BCUT2D eigenvalue weighted by molar-refractivity contribution is 6.18. The Balaban J connectivity index is 1.85. The minimum Gasteiger partial charge on any atom is -0.504 e. The van der Waals surface area contributed by atoms with Crippen LogP contribution < -0.4 is 0 Å². The molecule has 0 atom stereocenters. The minimum atomic E-state index is -1.39. The van der Waals surface area contributed by atoms with Crippen LogP contribution in [0.1, 0.15) is 32.2 Å². The molecule has 0 bridgehead atoms. The number of aromatic hydroxyl groups is 1. The van der Waals surface area contributed by atoms with E-state index in [0.29, 0.717) is 16.5 Å². The van der Waals surface area contributed by atoms with E-state index in [0.717, 1.165) is 5.56 Å². The number of furan rings is 1. The van der Waals surface area contributed by atoms with Gasteiger partial charge >= 0.3 is 5.97 Å². The second kappa shape index (κ2) is 7.73. The molecule has 0 aliphatic rings. The Kier molecular flexibility index (Phi) is 4.95. The summed E-state index contributed by atoms with van der Waals surface area (Å²) in [6.07, 6.45) is 4.77. The SMILES string of the molecule is O=C(O)c1oc(C(=O)c2c[nH]c3c(/C=C/CO)cccc23)c(O)c1-c1ccccc1. The summed E-state index contributed by atoms with van der Waals surface area (Å²) in [5.74, 6) is -3.50. The lowest BCUT2D eigenvalue weighted by atomic mass is 10.0. The van der Waals surface area contributed by atoms with Gasteiger partial charge in [0.15, 0.2) is 5.75 Å². The molecule has 150 valence electrons. The third kappa shape index (κ3) is 3.17. The predicted molar refractivity (Wildman–Crippen MR) is 111 cm³/mol. The van der Waals surface area contributed by atoms with Crippen molar-refractivity contribution in [1.29, 1.82) is 0 Å². The molecule has 7 heteroatoms. The number of ketones is 1. The van der Waals surface area contributed by atoms with E-state index >= 15 is 0 Å². The number of aromatic carboxylic acids is 1. The van der Waals surface area contributed by atoms with Crippen LogP contribution in [-0.4, -0.2) is 38.7 Å². The number of para-hydroxylation sites is 1. The van der Waals surface area contributed by atoms with E-state index in [4.69, 9.17) is 9.52 Å². The van der Waals surface area contributed by atoms with Crippen LogP contribution in [0.15, 0.2) is 65.2 Å². The van der Waals surface area contributed by atoms with Gasteiger partial charge in [-0.2, -0.15) is 0 Å². The van der Waals surface area contributed by atoms with Gasteiger partial charge < -0.3 is 24.7 Å². The number of aromatic nitrogens is 1. The summed E-state index contributed by atoms with van der Waals surface area (Å²) in [4.78, 5) is 27.9. The fourth-order valence-electron chi connectivity index (χ4n) is 3.41. The van der Waals surface area contributed by atoms with Crippen molar-refractivity contribution in [2.45, 2.75) is 0 Å². The van der Waals surface area contributed by atoms with Crippen LogP contribution >= 0.6 is 0 Å². The fraction of sp³-hybridized carbons (Fsp3) is 0.0435. The minimum absolute atomic E-state index is 0.0436. The number of benzene rings is 2. The summed E-state index contributed by atoms with van der Waals surface area (Å²) in [6, 6.07) is 13.7. The summed E-state index contributed by atoms with van der Waals surface area (Å²) in [5, 5.41) is 29.8. The Morgan fingerprint density at radius 3 is 2.50 bits per heavy atom. The van der Waals surface area contributed by atoms with E-state index in [1.54, 1.807) is 54.6 Å². The van der Waals surface area contributed by atoms with E-state index in [1.807, 2.05) is 6.07 Å². The molecule has 7 nitrogen and oxygen atoms in total. The van der Waals surface area contributed by atoms with Gasteiger partial charge in [0.05, 0.1) is 23.3 Å². The molecule has 0 aliphatic carbocycles. The quantitative estimate of drug-likeness (QED) is 0.360. The number of H-pyrrole nitrogens is 1. The first-order valence-corrected chi connectivity index (χ1v) is 9.09. The number of fused-ring (bicyclic) bond motifs is 1. The summed E-state index contributed by atoms with van der Waals surface area (Å²) in [5.41, 5.74) is 2.03. The van der Waals surface area contributed by atoms with Gasteiger partial charge in [0.1, 0.15) is 0 Å². The Morgan fingerprint density at radius 1 is 1.03 bits per heavy atom. The number of carboxylic acid groups (broad SMARTS) is 1. The number of aliphatic hydroxyl groups excluding tert-OH is 1. The van der Waals surface area contributed by atoms with Crippen molar-refractivity contribution in [3.63, 3.8) is 0 Å². The molecular formula is C23H17NO6. The van der Waals surface area contributed by atoms with Crippen LogP contribution in [-0.2, 0) is 0 Å². The number of aliphatic hydroxyl groups is 1. The van der Waals surface area contributed by atoms with Gasteiger partial charge in [0, 0.05) is 11.6 Å². The average molecular weight is 403 g/mol. The zero-order chi connectivity index (χ0) is 21.3. The van der Waals surface area contributed by atoms with Gasteiger partial charge in [-0.1, -0.05) is 60.7 Å². The third-order valence-corrected chi connectivity index (χ3v) is 4.74. The second-order valence-corrected chi connectivity index (χ2v) is 6.54. The topological polar surface area (TPSA) is 124 Å². The van der Waals surface area contributed by atoms with Crippen LogP contribution in [0.3, 0.4) is 0 Å². The van der Waals surface area contributed by atoms with E-state index in [-0.39, 0.29) is 17.7 Å². The molecule has 0 saturated heterocycles. The van der Waals surface area contributed by atoms with Crippen molar-refractivity contribution in [2.24, 2.45) is 0 Å². The molecule has 0 fully saturated rings. The Labute approximate surface area is 170 Å². The van der Waals surface area contributed by atoms with Gasteiger partial charge in [-0.3, -0.25) is 4.79 Å². The largest absolute Gasteiger partial charge is 0.504 e. The molecule has 0 unspecified atom stereocenters. The zero-order valence-electron chi connectivity index (χ0n) is 15.6. The van der Waals surface area contributed by atoms with Crippen molar-refractivity contribution in [3.8, 4) is 16.9 Å². The summed E-state index contributed by atoms with van der Waals surface area (Å²) in [6.45, 7) is -0.122. The van der Waals surface area contributed by atoms with Gasteiger partial charge in [-0.25, -0.2) is 4.79 Å². The lowest BCUT2D eigenvalue weighted by Crippen LogP contribution is -1.99. The molecule has 0 saturated carbocycles. The normalized spacial score (nSPS) is 11.4. The maximum Gasteiger partial charge on any atom is 0.372 e. The molecular weight excluding hydrogens is 386 g/mol. The molecule has 0 aliphatic heterocycles. The molecule has 30 heavy (non-hydrogen) atoms. The highest BCUT2D eigenvalue weighted by atomic mass is 16.4. The molecule has 2 aromatic heterocycles. The van der Waals surface area contributed by atoms with E-state index in [9.17, 15) is 19.8 Å². The van der Waals surface area contributed by atoms with Crippen molar-refractivity contribution in [1.82, 2.24) is 4.98 Å². The molecule has 4 rings (SSSR count). The van der Waals surface area contributed by atoms with E-state index in [2.05, 4.69) is 4.98 Å². The first kappa shape index (κ1) is 19.2. The monoisotopic (exact) mass is 403 g/mol. The van der Waals surface area contributed by atoms with Gasteiger partial charge in [-0.05, 0) is 11.1 Å². The molecule has 4 N–H and O–H groups in total. The first-order valence-electron chi connectivity index (χ1n) is 9.09. The maximum atomic E-state index is 13.2. The number of rotatable bonds is 6. The predicted octanol–water partition coefficient (Wildman–Crippen LogP) is 4.07. The van der Waals surface area contributed by atoms with E-state index < -0.39 is 29.0 Å². The number of carboxylic acids is 1. The van der Waals surface area contributed by atoms with Crippen LogP contribution in [0.4, 0.5) is 0 Å². The maximum absolute atomic E-state index is 13.2. The number of hydrogen-bond donors (Lipinski definition) is 4. The lowest BCUT2D eigenvalue weighted by molar-refractivity contribution is 0.0661. The van der Waals surface area contributed by atoms with E-state index in [1.165, 1.54) is 6.20 Å². The van der Waals surface area contributed by atoms with Crippen molar-refractivity contribution >= 4 is 28.7 Å². The molecule has 4 aromatic rings. The van der Waals surface area contributed by atoms with Crippen LogP contribution in [0.5, 0.6) is 5.75 Å². The summed E-state index contributed by atoms with van der Waals surface area (Å²) < 4.78 is 5.33. The highest BCUT2D eigenvalue weighted by Crippen LogP contribution is 2.40. The molecule has 0 amide bonds. The van der Waals surface area contributed by atoms with Crippen LogP contribution in [0.25, 0.3) is 28.1 Å². The van der Waals surface area contributed by atoms with Crippen molar-refractivity contribution in [2.75, 3.05) is 6.61 Å². The average Bonchev–Trinajstić information content (AvgIpc) is 3.34. The van der Waals surface area contributed by atoms with Crippen molar-refractivity contribution < 1.29 is 29.3 Å². The van der Waals surface area contributed by atoms with Crippen molar-refractivity contribution in [3.05, 3.63) is 83.5 Å². The van der Waals surface area contributed by atoms with Gasteiger partial charge in [0.2, 0.25) is 17.3 Å².